The number of carbonyl (C=O) groups is 2. The van der Waals surface area contributed by atoms with Gasteiger partial charge in [0, 0.05) is 6.42 Å². The van der Waals surface area contributed by atoms with Crippen molar-refractivity contribution < 1.29 is 37.2 Å². The normalized spacial score (nSPS) is 11.0. The molecule has 5 nitrogen and oxygen atoms in total. The van der Waals surface area contributed by atoms with E-state index < -0.39 is 12.0 Å². The molecule has 0 aliphatic heterocycles. The Morgan fingerprint density at radius 3 is 2.22 bits per heavy atom. The molecule has 2 aromatic rings. The molecule has 122 valence electrons. The molecule has 0 aromatic heterocycles. The van der Waals surface area contributed by atoms with Crippen molar-refractivity contribution in [3.05, 3.63) is 65.7 Å². The van der Waals surface area contributed by atoms with Crippen LogP contribution in [0.25, 0.3) is 0 Å². The van der Waals surface area contributed by atoms with Crippen LogP contribution in [0.5, 0.6) is 5.75 Å². The van der Waals surface area contributed by atoms with Crippen LogP contribution in [-0.4, -0.2) is 25.1 Å². The van der Waals surface area contributed by atoms with Crippen LogP contribution in [0.4, 0.5) is 0 Å². The fourth-order valence-corrected chi connectivity index (χ4v) is 1.97. The molecule has 23 heavy (non-hydrogen) atoms. The van der Waals surface area contributed by atoms with E-state index in [9.17, 15) is 9.59 Å². The minimum atomic E-state index is -0.456. The monoisotopic (exact) mass is 335 g/mol. The number of halogens is 1. The van der Waals surface area contributed by atoms with Gasteiger partial charge in [-0.1, -0.05) is 30.3 Å². The number of quaternary nitrogens is 1. The highest BCUT2D eigenvalue weighted by Gasteiger charge is 2.18. The lowest BCUT2D eigenvalue weighted by molar-refractivity contribution is -0.407. The summed E-state index contributed by atoms with van der Waals surface area (Å²) in [4.78, 5) is 23.2. The van der Waals surface area contributed by atoms with Crippen LogP contribution in [0.2, 0.25) is 0 Å². The molecule has 0 aliphatic carbocycles. The maximum absolute atomic E-state index is 11.9. The van der Waals surface area contributed by atoms with Gasteiger partial charge in [0.05, 0.1) is 12.7 Å². The molecule has 1 atom stereocenters. The van der Waals surface area contributed by atoms with Gasteiger partial charge in [0.1, 0.15) is 5.75 Å². The van der Waals surface area contributed by atoms with Crippen molar-refractivity contribution >= 4 is 11.9 Å². The van der Waals surface area contributed by atoms with E-state index in [2.05, 4.69) is 10.5 Å². The first-order chi connectivity index (χ1) is 10.6. The van der Waals surface area contributed by atoms with Gasteiger partial charge < -0.3 is 27.6 Å². The SMILES string of the molecule is COC(=O)[C@H]([NH3+])Cc1ccc(OC(=O)c2ccccc2)cc1.[Cl-]. The number of hydrogen-bond donors (Lipinski definition) is 1. The summed E-state index contributed by atoms with van der Waals surface area (Å²) in [5.41, 5.74) is 5.17. The summed E-state index contributed by atoms with van der Waals surface area (Å²) < 4.78 is 9.92. The van der Waals surface area contributed by atoms with E-state index in [0.29, 0.717) is 17.7 Å². The summed E-state index contributed by atoms with van der Waals surface area (Å²) in [6.45, 7) is 0. The van der Waals surface area contributed by atoms with Gasteiger partial charge in [-0.25, -0.2) is 9.59 Å². The van der Waals surface area contributed by atoms with Gasteiger partial charge >= 0.3 is 11.9 Å². The average Bonchev–Trinajstić information content (AvgIpc) is 2.56. The van der Waals surface area contributed by atoms with Gasteiger partial charge in [0.25, 0.3) is 0 Å². The Kier molecular flexibility index (Phi) is 7.25. The lowest BCUT2D eigenvalue weighted by atomic mass is 10.1. The minimum Gasteiger partial charge on any atom is -1.00 e. The largest absolute Gasteiger partial charge is 1.00 e. The molecule has 0 aliphatic rings. The standard InChI is InChI=1S/C17H17NO4.ClH/c1-21-17(20)15(18)11-12-7-9-14(10-8-12)22-16(19)13-5-3-2-4-6-13;/h2-10,15H,11,18H2,1H3;1H/t15-;/m1./s1. The van der Waals surface area contributed by atoms with Crippen LogP contribution >= 0.6 is 0 Å². The average molecular weight is 336 g/mol. The zero-order valence-electron chi connectivity index (χ0n) is 12.7. The summed E-state index contributed by atoms with van der Waals surface area (Å²) in [5.74, 6) is -0.297. The number of rotatable bonds is 5. The number of ether oxygens (including phenoxy) is 2. The number of carbonyl (C=O) groups excluding carboxylic acids is 2. The summed E-state index contributed by atoms with van der Waals surface area (Å²) in [6, 6.07) is 15.3. The zero-order valence-corrected chi connectivity index (χ0v) is 13.5. The van der Waals surface area contributed by atoms with Gasteiger partial charge in [-0.2, -0.15) is 0 Å². The Balaban J connectivity index is 0.00000264. The van der Waals surface area contributed by atoms with E-state index in [-0.39, 0.29) is 18.4 Å². The van der Waals surface area contributed by atoms with Crippen molar-refractivity contribution in [2.45, 2.75) is 12.5 Å². The Hall–Kier alpha value is -2.37. The van der Waals surface area contributed by atoms with Crippen molar-refractivity contribution in [2.75, 3.05) is 7.11 Å². The minimum absolute atomic E-state index is 0. The Labute approximate surface area is 140 Å². The highest BCUT2D eigenvalue weighted by Crippen LogP contribution is 2.15. The molecule has 6 heteroatoms. The third kappa shape index (κ3) is 5.39. The first-order valence-electron chi connectivity index (χ1n) is 6.87. The van der Waals surface area contributed by atoms with Crippen molar-refractivity contribution in [1.29, 1.82) is 0 Å². The lowest BCUT2D eigenvalue weighted by Crippen LogP contribution is -3.00. The summed E-state index contributed by atoms with van der Waals surface area (Å²) in [7, 11) is 1.34. The predicted octanol–water partition coefficient (Wildman–Crippen LogP) is -1.76. The molecule has 0 amide bonds. The lowest BCUT2D eigenvalue weighted by Gasteiger charge is -2.08. The summed E-state index contributed by atoms with van der Waals surface area (Å²) in [6.07, 6.45) is 0.472. The fraction of sp³-hybridized carbons (Fsp3) is 0.176. The Morgan fingerprint density at radius 2 is 1.65 bits per heavy atom. The molecule has 2 aromatic carbocycles. The second-order valence-electron chi connectivity index (χ2n) is 4.82. The second-order valence-corrected chi connectivity index (χ2v) is 4.82. The van der Waals surface area contributed by atoms with Crippen molar-refractivity contribution in [1.82, 2.24) is 0 Å². The van der Waals surface area contributed by atoms with Crippen LogP contribution in [0.1, 0.15) is 15.9 Å². The first-order valence-corrected chi connectivity index (χ1v) is 6.87. The molecule has 0 bridgehead atoms. The fourth-order valence-electron chi connectivity index (χ4n) is 1.97. The van der Waals surface area contributed by atoms with Gasteiger partial charge in [0.15, 0.2) is 6.04 Å². The van der Waals surface area contributed by atoms with E-state index in [1.807, 2.05) is 6.07 Å². The molecule has 0 heterocycles. The van der Waals surface area contributed by atoms with E-state index >= 15 is 0 Å². The van der Waals surface area contributed by atoms with E-state index in [1.165, 1.54) is 7.11 Å². The smallest absolute Gasteiger partial charge is 0.364 e. The summed E-state index contributed by atoms with van der Waals surface area (Å²) in [5, 5.41) is 0. The third-order valence-electron chi connectivity index (χ3n) is 3.16. The Bertz CT molecular complexity index is 643. The van der Waals surface area contributed by atoms with E-state index in [1.54, 1.807) is 48.5 Å². The van der Waals surface area contributed by atoms with Gasteiger partial charge in [-0.3, -0.25) is 0 Å². The van der Waals surface area contributed by atoms with Crippen molar-refractivity contribution in [3.63, 3.8) is 0 Å². The quantitative estimate of drug-likeness (QED) is 0.518. The maximum Gasteiger partial charge on any atom is 0.364 e. The first kappa shape index (κ1) is 18.7. The topological polar surface area (TPSA) is 80.2 Å². The highest BCUT2D eigenvalue weighted by molar-refractivity contribution is 5.90. The molecule has 0 saturated heterocycles. The molecule has 0 radical (unpaired) electrons. The molecule has 3 N–H and O–H groups in total. The van der Waals surface area contributed by atoms with Gasteiger partial charge in [-0.05, 0) is 29.8 Å². The van der Waals surface area contributed by atoms with E-state index in [0.717, 1.165) is 5.56 Å². The van der Waals surface area contributed by atoms with Gasteiger partial charge in [0.2, 0.25) is 0 Å². The molecule has 0 saturated carbocycles. The van der Waals surface area contributed by atoms with Gasteiger partial charge in [-0.15, -0.1) is 0 Å². The van der Waals surface area contributed by atoms with E-state index in [4.69, 9.17) is 4.74 Å². The zero-order chi connectivity index (χ0) is 15.9. The second kappa shape index (κ2) is 8.92. The third-order valence-corrected chi connectivity index (χ3v) is 3.16. The van der Waals surface area contributed by atoms with Crippen LogP contribution in [0, 0.1) is 0 Å². The molecule has 2 rings (SSSR count). The molecular formula is C17H18ClNO4. The number of esters is 2. The highest BCUT2D eigenvalue weighted by atomic mass is 35.5. The van der Waals surface area contributed by atoms with Crippen LogP contribution in [-0.2, 0) is 16.0 Å². The predicted molar refractivity (Wildman–Crippen MR) is 80.2 cm³/mol. The Morgan fingerprint density at radius 1 is 1.04 bits per heavy atom. The summed E-state index contributed by atoms with van der Waals surface area (Å²) >= 11 is 0. The number of methoxy groups -OCH3 is 1. The number of hydrogen-bond acceptors (Lipinski definition) is 4. The molecule has 0 unspecified atom stereocenters. The van der Waals surface area contributed by atoms with Crippen molar-refractivity contribution in [2.24, 2.45) is 0 Å². The van der Waals surface area contributed by atoms with Crippen LogP contribution < -0.4 is 22.9 Å². The van der Waals surface area contributed by atoms with Crippen LogP contribution in [0.15, 0.2) is 54.6 Å². The maximum atomic E-state index is 11.9. The van der Waals surface area contributed by atoms with Crippen molar-refractivity contribution in [3.8, 4) is 5.75 Å². The molecule has 0 fully saturated rings. The molecule has 0 spiro atoms. The molecular weight excluding hydrogens is 318 g/mol. The van der Waals surface area contributed by atoms with Crippen LogP contribution in [0.3, 0.4) is 0 Å². The number of benzene rings is 2.